The molecule has 60 valence electrons. The van der Waals surface area contributed by atoms with Gasteiger partial charge in [0.1, 0.15) is 5.76 Å². The van der Waals surface area contributed by atoms with Crippen LogP contribution < -0.4 is 11.5 Å². The Morgan fingerprint density at radius 2 is 2.45 bits per heavy atom. The van der Waals surface area contributed by atoms with Gasteiger partial charge in [0, 0.05) is 0 Å². The lowest BCUT2D eigenvalue weighted by Crippen LogP contribution is -2.15. The minimum Gasteiger partial charge on any atom is -0.411 e. The number of aryl methyl sites for hydroxylation is 1. The Labute approximate surface area is 63.4 Å². The molecule has 4 nitrogen and oxygen atoms in total. The highest BCUT2D eigenvalue weighted by molar-refractivity contribution is 5.14. The summed E-state index contributed by atoms with van der Waals surface area (Å²) >= 11 is 0. The van der Waals surface area contributed by atoms with E-state index in [2.05, 4.69) is 4.98 Å². The van der Waals surface area contributed by atoms with Crippen LogP contribution in [0.4, 0.5) is 0 Å². The molecule has 11 heavy (non-hydrogen) atoms. The van der Waals surface area contributed by atoms with Crippen LogP contribution in [0.3, 0.4) is 0 Å². The maximum absolute atomic E-state index is 10.7. The molecule has 0 radical (unpaired) electrons. The summed E-state index contributed by atoms with van der Waals surface area (Å²) < 4.78 is 4.88. The van der Waals surface area contributed by atoms with Crippen LogP contribution >= 0.6 is 0 Å². The Morgan fingerprint density at radius 3 is 3.18 bits per heavy atom. The third-order valence-corrected chi connectivity index (χ3v) is 2.03. The van der Waals surface area contributed by atoms with Gasteiger partial charge >= 0.3 is 5.76 Å². The van der Waals surface area contributed by atoms with Gasteiger partial charge < -0.3 is 10.2 Å². The first-order valence-corrected chi connectivity index (χ1v) is 3.75. The summed E-state index contributed by atoms with van der Waals surface area (Å²) in [5, 5.41) is 0. The molecule has 0 fully saturated rings. The average Bonchev–Trinajstić information content (AvgIpc) is 2.31. The number of nitrogens with one attached hydrogen (secondary N) is 1. The Balaban J connectivity index is 2.52. The fourth-order valence-corrected chi connectivity index (χ4v) is 1.49. The van der Waals surface area contributed by atoms with Crippen LogP contribution in [0, 0.1) is 0 Å². The number of H-pyrrole nitrogens is 1. The quantitative estimate of drug-likeness (QED) is 0.564. The zero-order valence-corrected chi connectivity index (χ0v) is 6.09. The smallest absolute Gasteiger partial charge is 0.411 e. The van der Waals surface area contributed by atoms with E-state index < -0.39 is 0 Å². The minimum absolute atomic E-state index is 0.0855. The molecule has 1 aliphatic carbocycles. The molecule has 1 aromatic rings. The summed E-state index contributed by atoms with van der Waals surface area (Å²) in [4.78, 5) is 13.3. The summed E-state index contributed by atoms with van der Waals surface area (Å²) in [5.41, 5.74) is 6.59. The van der Waals surface area contributed by atoms with Gasteiger partial charge in [-0.3, -0.25) is 4.98 Å². The van der Waals surface area contributed by atoms with E-state index in [4.69, 9.17) is 10.2 Å². The van der Waals surface area contributed by atoms with Gasteiger partial charge in [-0.05, 0) is 19.3 Å². The van der Waals surface area contributed by atoms with Crippen molar-refractivity contribution in [3.63, 3.8) is 0 Å². The number of hydrogen-bond acceptors (Lipinski definition) is 3. The first-order valence-electron chi connectivity index (χ1n) is 3.75. The van der Waals surface area contributed by atoms with Crippen LogP contribution in [0.25, 0.3) is 0 Å². The molecule has 0 amide bonds. The molecule has 2 rings (SSSR count). The topological polar surface area (TPSA) is 72.0 Å². The number of aromatic nitrogens is 1. The number of nitrogens with two attached hydrogens (primary N) is 1. The van der Waals surface area contributed by atoms with Crippen LogP contribution in [0.5, 0.6) is 0 Å². The second-order valence-electron chi connectivity index (χ2n) is 2.86. The first-order chi connectivity index (χ1) is 5.27. The van der Waals surface area contributed by atoms with E-state index in [0.29, 0.717) is 5.76 Å². The lowest BCUT2D eigenvalue weighted by Gasteiger charge is -2.14. The van der Waals surface area contributed by atoms with Gasteiger partial charge in [0.15, 0.2) is 0 Å². The number of hydrogen-bond donors (Lipinski definition) is 2. The molecule has 0 bridgehead atoms. The number of rotatable bonds is 0. The predicted molar refractivity (Wildman–Crippen MR) is 39.2 cm³/mol. The molecule has 0 aliphatic heterocycles. The summed E-state index contributed by atoms with van der Waals surface area (Å²) in [5.74, 6) is 0.272. The number of fused-ring (bicyclic) bond motifs is 1. The second-order valence-corrected chi connectivity index (χ2v) is 2.86. The van der Waals surface area contributed by atoms with Crippen molar-refractivity contribution < 1.29 is 4.42 Å². The van der Waals surface area contributed by atoms with Gasteiger partial charge in [0.25, 0.3) is 0 Å². The highest BCUT2D eigenvalue weighted by Gasteiger charge is 2.21. The van der Waals surface area contributed by atoms with Gasteiger partial charge in [0.2, 0.25) is 0 Å². The van der Waals surface area contributed by atoms with Crippen LogP contribution in [0.2, 0.25) is 0 Å². The molecule has 1 aromatic heterocycles. The molecular weight excluding hydrogens is 144 g/mol. The molecule has 0 saturated carbocycles. The molecule has 0 aromatic carbocycles. The lowest BCUT2D eigenvalue weighted by molar-refractivity contribution is 0.404. The van der Waals surface area contributed by atoms with E-state index in [9.17, 15) is 4.79 Å². The van der Waals surface area contributed by atoms with Gasteiger partial charge in [-0.25, -0.2) is 4.79 Å². The Morgan fingerprint density at radius 1 is 1.64 bits per heavy atom. The maximum atomic E-state index is 10.7. The van der Waals surface area contributed by atoms with Crippen molar-refractivity contribution in [1.29, 1.82) is 0 Å². The summed E-state index contributed by atoms with van der Waals surface area (Å²) in [6.07, 6.45) is 2.83. The molecule has 1 atom stereocenters. The van der Waals surface area contributed by atoms with Crippen molar-refractivity contribution in [2.24, 2.45) is 5.73 Å². The van der Waals surface area contributed by atoms with Crippen molar-refractivity contribution in [2.45, 2.75) is 25.3 Å². The molecule has 0 saturated heterocycles. The second kappa shape index (κ2) is 2.23. The standard InChI is InChI=1S/C7H10N2O2/c8-4-2-1-3-5-6(4)11-7(10)9-5/h4H,1-3,8H2,(H,9,10). The number of aromatic amines is 1. The third-order valence-electron chi connectivity index (χ3n) is 2.03. The zero-order valence-electron chi connectivity index (χ0n) is 6.09. The van der Waals surface area contributed by atoms with Crippen LogP contribution in [0.15, 0.2) is 9.21 Å². The SMILES string of the molecule is NC1CCCc2[nH]c(=O)oc21. The number of oxazole rings is 1. The zero-order chi connectivity index (χ0) is 7.84. The molecule has 1 unspecified atom stereocenters. The molecule has 0 spiro atoms. The average molecular weight is 154 g/mol. The fourth-order valence-electron chi connectivity index (χ4n) is 1.49. The van der Waals surface area contributed by atoms with E-state index in [1.807, 2.05) is 0 Å². The van der Waals surface area contributed by atoms with Gasteiger partial charge in [-0.2, -0.15) is 0 Å². The van der Waals surface area contributed by atoms with Crippen molar-refractivity contribution in [1.82, 2.24) is 4.98 Å². The van der Waals surface area contributed by atoms with Gasteiger partial charge in [-0.15, -0.1) is 0 Å². The van der Waals surface area contributed by atoms with Crippen LogP contribution in [-0.4, -0.2) is 4.98 Å². The molecule has 4 heteroatoms. The van der Waals surface area contributed by atoms with E-state index in [1.165, 1.54) is 0 Å². The molecule has 3 N–H and O–H groups in total. The van der Waals surface area contributed by atoms with Crippen molar-refractivity contribution in [2.75, 3.05) is 0 Å². The van der Waals surface area contributed by atoms with Crippen molar-refractivity contribution >= 4 is 0 Å². The normalized spacial score (nSPS) is 23.2. The van der Waals surface area contributed by atoms with Gasteiger partial charge in [-0.1, -0.05) is 0 Å². The van der Waals surface area contributed by atoms with Crippen LogP contribution in [-0.2, 0) is 6.42 Å². The summed E-state index contributed by atoms with van der Waals surface area (Å²) in [6, 6.07) is -0.0855. The Bertz CT molecular complexity index is 312. The summed E-state index contributed by atoms with van der Waals surface area (Å²) in [6.45, 7) is 0. The minimum atomic E-state index is -0.382. The molecule has 1 aliphatic rings. The monoisotopic (exact) mass is 154 g/mol. The van der Waals surface area contributed by atoms with E-state index in [0.717, 1.165) is 25.0 Å². The van der Waals surface area contributed by atoms with Crippen LogP contribution in [0.1, 0.15) is 30.3 Å². The summed E-state index contributed by atoms with van der Waals surface area (Å²) in [7, 11) is 0. The van der Waals surface area contributed by atoms with Gasteiger partial charge in [0.05, 0.1) is 11.7 Å². The van der Waals surface area contributed by atoms with Crippen molar-refractivity contribution in [3.8, 4) is 0 Å². The Kier molecular flexibility index (Phi) is 1.35. The third kappa shape index (κ3) is 0.991. The highest BCUT2D eigenvalue weighted by Crippen LogP contribution is 2.24. The molecule has 1 heterocycles. The maximum Gasteiger partial charge on any atom is 0.416 e. The van der Waals surface area contributed by atoms with E-state index in [-0.39, 0.29) is 11.8 Å². The predicted octanol–water partition coefficient (Wildman–Crippen LogP) is 0.304. The lowest BCUT2D eigenvalue weighted by atomic mass is 9.98. The largest absolute Gasteiger partial charge is 0.416 e. The van der Waals surface area contributed by atoms with Crippen molar-refractivity contribution in [3.05, 3.63) is 22.0 Å². The first kappa shape index (κ1) is 6.67. The highest BCUT2D eigenvalue weighted by atomic mass is 16.4. The van der Waals surface area contributed by atoms with E-state index in [1.54, 1.807) is 0 Å². The molecular formula is C7H10N2O2. The Hall–Kier alpha value is -1.03. The van der Waals surface area contributed by atoms with E-state index >= 15 is 0 Å². The fraction of sp³-hybridized carbons (Fsp3) is 0.571.